The maximum absolute atomic E-state index is 13.0. The van der Waals surface area contributed by atoms with Gasteiger partial charge in [-0.15, -0.1) is 0 Å². The second-order valence-electron chi connectivity index (χ2n) is 6.70. The molecule has 5 nitrogen and oxygen atoms in total. The molecule has 0 aliphatic carbocycles. The van der Waals surface area contributed by atoms with Crippen LogP contribution in [0.3, 0.4) is 0 Å². The van der Waals surface area contributed by atoms with Gasteiger partial charge < -0.3 is 15.0 Å². The van der Waals surface area contributed by atoms with Crippen LogP contribution in [0.2, 0.25) is 0 Å². The van der Waals surface area contributed by atoms with E-state index in [2.05, 4.69) is 22.0 Å². The van der Waals surface area contributed by atoms with Crippen molar-refractivity contribution in [3.8, 4) is 0 Å². The quantitative estimate of drug-likeness (QED) is 0.835. The highest BCUT2D eigenvalue weighted by atomic mass is 16.5. The van der Waals surface area contributed by atoms with Gasteiger partial charge in [0.05, 0.1) is 18.8 Å². The number of nitrogens with one attached hydrogen (secondary N) is 1. The van der Waals surface area contributed by atoms with E-state index in [0.29, 0.717) is 11.9 Å². The van der Waals surface area contributed by atoms with Gasteiger partial charge >= 0.3 is 0 Å². The summed E-state index contributed by atoms with van der Waals surface area (Å²) >= 11 is 0. The highest BCUT2D eigenvalue weighted by molar-refractivity contribution is 5.87. The maximum Gasteiger partial charge on any atom is 0.242 e. The van der Waals surface area contributed by atoms with Crippen molar-refractivity contribution in [3.05, 3.63) is 0 Å². The molecule has 1 N–H and O–H groups in total. The Bertz CT molecular complexity index is 363. The van der Waals surface area contributed by atoms with Gasteiger partial charge in [-0.05, 0) is 32.2 Å². The number of morpholine rings is 1. The lowest BCUT2D eigenvalue weighted by Crippen LogP contribution is -2.55. The van der Waals surface area contributed by atoms with Gasteiger partial charge in [0.2, 0.25) is 5.91 Å². The minimum Gasteiger partial charge on any atom is -0.379 e. The Labute approximate surface area is 128 Å². The summed E-state index contributed by atoms with van der Waals surface area (Å²) in [5.41, 5.74) is -0.255. The maximum atomic E-state index is 13.0. The first kappa shape index (κ1) is 15.3. The average Bonchev–Trinajstić information content (AvgIpc) is 3.18. The third kappa shape index (κ3) is 3.10. The molecular formula is C16H29N3O2. The van der Waals surface area contributed by atoms with E-state index in [0.717, 1.165) is 78.0 Å². The van der Waals surface area contributed by atoms with Crippen molar-refractivity contribution in [1.82, 2.24) is 15.1 Å². The molecule has 21 heavy (non-hydrogen) atoms. The van der Waals surface area contributed by atoms with E-state index in [1.54, 1.807) is 0 Å². The van der Waals surface area contributed by atoms with E-state index in [1.165, 1.54) is 0 Å². The van der Waals surface area contributed by atoms with Crippen molar-refractivity contribution < 1.29 is 9.53 Å². The SMILES string of the molecule is CCCC1(C(=O)N2CCC(N3CCOCC3)C2)CCCN1. The Balaban J connectivity index is 1.60. The first-order chi connectivity index (χ1) is 10.2. The van der Waals surface area contributed by atoms with Crippen molar-refractivity contribution in [2.24, 2.45) is 0 Å². The summed E-state index contributed by atoms with van der Waals surface area (Å²) in [6, 6.07) is 0.540. The average molecular weight is 295 g/mol. The fourth-order valence-electron chi connectivity index (χ4n) is 4.21. The van der Waals surface area contributed by atoms with Crippen molar-refractivity contribution >= 4 is 5.91 Å². The topological polar surface area (TPSA) is 44.8 Å². The molecule has 0 spiro atoms. The van der Waals surface area contributed by atoms with Gasteiger partial charge in [0.15, 0.2) is 0 Å². The molecular weight excluding hydrogens is 266 g/mol. The predicted molar refractivity (Wildman–Crippen MR) is 82.3 cm³/mol. The molecule has 0 bridgehead atoms. The van der Waals surface area contributed by atoms with E-state index in [-0.39, 0.29) is 5.54 Å². The fraction of sp³-hybridized carbons (Fsp3) is 0.938. The molecule has 1 amide bonds. The summed E-state index contributed by atoms with van der Waals surface area (Å²) in [5, 5.41) is 3.52. The van der Waals surface area contributed by atoms with Gasteiger partial charge in [-0.1, -0.05) is 13.3 Å². The van der Waals surface area contributed by atoms with E-state index in [1.807, 2.05) is 0 Å². The molecule has 0 aromatic heterocycles. The minimum absolute atomic E-state index is 0.255. The van der Waals surface area contributed by atoms with Crippen LogP contribution in [0.25, 0.3) is 0 Å². The van der Waals surface area contributed by atoms with Crippen LogP contribution in [0, 0.1) is 0 Å². The Morgan fingerprint density at radius 2 is 2.14 bits per heavy atom. The lowest BCUT2D eigenvalue weighted by atomic mass is 9.90. The van der Waals surface area contributed by atoms with Crippen molar-refractivity contribution in [1.29, 1.82) is 0 Å². The molecule has 3 aliphatic heterocycles. The molecule has 3 saturated heterocycles. The number of rotatable bonds is 4. The zero-order valence-electron chi connectivity index (χ0n) is 13.3. The summed E-state index contributed by atoms with van der Waals surface area (Å²) in [6.07, 6.45) is 5.31. The van der Waals surface area contributed by atoms with E-state index >= 15 is 0 Å². The summed E-state index contributed by atoms with van der Waals surface area (Å²) in [7, 11) is 0. The normalized spacial score (nSPS) is 34.5. The van der Waals surface area contributed by atoms with Gasteiger partial charge in [-0.3, -0.25) is 9.69 Å². The number of amides is 1. The van der Waals surface area contributed by atoms with E-state index < -0.39 is 0 Å². The van der Waals surface area contributed by atoms with Gasteiger partial charge in [0.1, 0.15) is 0 Å². The second kappa shape index (κ2) is 6.63. The minimum atomic E-state index is -0.255. The van der Waals surface area contributed by atoms with Crippen molar-refractivity contribution in [2.75, 3.05) is 45.9 Å². The summed E-state index contributed by atoms with van der Waals surface area (Å²) in [6.45, 7) is 8.72. The molecule has 0 aromatic carbocycles. The summed E-state index contributed by atoms with van der Waals surface area (Å²) < 4.78 is 5.43. The fourth-order valence-corrected chi connectivity index (χ4v) is 4.21. The number of hydrogen-bond donors (Lipinski definition) is 1. The van der Waals surface area contributed by atoms with Crippen LogP contribution in [0.5, 0.6) is 0 Å². The first-order valence-electron chi connectivity index (χ1n) is 8.61. The molecule has 0 radical (unpaired) electrons. The Morgan fingerprint density at radius 3 is 2.81 bits per heavy atom. The lowest BCUT2D eigenvalue weighted by Gasteiger charge is -2.34. The number of hydrogen-bond acceptors (Lipinski definition) is 4. The van der Waals surface area contributed by atoms with Gasteiger partial charge in [-0.25, -0.2) is 0 Å². The highest BCUT2D eigenvalue weighted by Gasteiger charge is 2.44. The number of likely N-dealkylation sites (tertiary alicyclic amines) is 1. The molecule has 3 rings (SSSR count). The van der Waals surface area contributed by atoms with Gasteiger partial charge in [-0.2, -0.15) is 0 Å². The molecule has 3 heterocycles. The van der Waals surface area contributed by atoms with Gasteiger partial charge in [0, 0.05) is 32.2 Å². The third-order valence-corrected chi connectivity index (χ3v) is 5.34. The van der Waals surface area contributed by atoms with E-state index in [4.69, 9.17) is 4.74 Å². The van der Waals surface area contributed by atoms with Crippen LogP contribution in [0.4, 0.5) is 0 Å². The van der Waals surface area contributed by atoms with Crippen LogP contribution >= 0.6 is 0 Å². The first-order valence-corrected chi connectivity index (χ1v) is 8.61. The van der Waals surface area contributed by atoms with Crippen LogP contribution in [0.1, 0.15) is 39.0 Å². The molecule has 0 saturated carbocycles. The van der Waals surface area contributed by atoms with Crippen LogP contribution in [-0.4, -0.2) is 73.2 Å². The molecule has 2 atom stereocenters. The lowest BCUT2D eigenvalue weighted by molar-refractivity contribution is -0.137. The van der Waals surface area contributed by atoms with Crippen LogP contribution in [-0.2, 0) is 9.53 Å². The molecule has 3 fully saturated rings. The zero-order chi connectivity index (χ0) is 14.7. The molecule has 2 unspecified atom stereocenters. The van der Waals surface area contributed by atoms with E-state index in [9.17, 15) is 4.79 Å². The zero-order valence-corrected chi connectivity index (χ0v) is 13.3. The smallest absolute Gasteiger partial charge is 0.242 e. The number of carbonyl (C=O) groups excluding carboxylic acids is 1. The summed E-state index contributed by atoms with van der Waals surface area (Å²) in [5.74, 6) is 0.359. The molecule has 5 heteroatoms. The predicted octanol–water partition coefficient (Wildman–Crippen LogP) is 0.842. The van der Waals surface area contributed by atoms with Crippen LogP contribution < -0.4 is 5.32 Å². The van der Waals surface area contributed by atoms with Gasteiger partial charge in [0.25, 0.3) is 0 Å². The second-order valence-corrected chi connectivity index (χ2v) is 6.70. The summed E-state index contributed by atoms with van der Waals surface area (Å²) in [4.78, 5) is 17.6. The largest absolute Gasteiger partial charge is 0.379 e. The Kier molecular flexibility index (Phi) is 4.82. The molecule has 3 aliphatic rings. The molecule has 0 aromatic rings. The monoisotopic (exact) mass is 295 g/mol. The number of carbonyl (C=O) groups is 1. The Morgan fingerprint density at radius 1 is 1.33 bits per heavy atom. The van der Waals surface area contributed by atoms with Crippen molar-refractivity contribution in [3.63, 3.8) is 0 Å². The third-order valence-electron chi connectivity index (χ3n) is 5.34. The highest BCUT2D eigenvalue weighted by Crippen LogP contribution is 2.29. The van der Waals surface area contributed by atoms with Crippen LogP contribution in [0.15, 0.2) is 0 Å². The molecule has 120 valence electrons. The number of ether oxygens (including phenoxy) is 1. The number of nitrogens with zero attached hydrogens (tertiary/aromatic N) is 2. The standard InChI is InChI=1S/C16H29N3O2/c1-2-5-16(6-3-7-17-16)15(20)19-8-4-14(13-19)18-9-11-21-12-10-18/h14,17H,2-13H2,1H3. The van der Waals surface area contributed by atoms with Crippen molar-refractivity contribution in [2.45, 2.75) is 50.6 Å². The Hall–Kier alpha value is -0.650.